The first-order valence-electron chi connectivity index (χ1n) is 4.58. The Bertz CT molecular complexity index is 312. The third-order valence-electron chi connectivity index (χ3n) is 1.85. The van der Waals surface area contributed by atoms with Crippen LogP contribution in [0.5, 0.6) is 5.75 Å². The lowest BCUT2D eigenvalue weighted by molar-refractivity contribution is 0.101. The summed E-state index contributed by atoms with van der Waals surface area (Å²) in [5.41, 5.74) is 0.709. The highest BCUT2D eigenvalue weighted by Gasteiger charge is 1.98. The number of rotatable bonds is 5. The number of hydrogen-bond donors (Lipinski definition) is 0. The molecule has 1 rings (SSSR count). The Labute approximate surface area is 91.6 Å². The Morgan fingerprint density at radius 2 is 2.00 bits per heavy atom. The largest absolute Gasteiger partial charge is 0.493 e. The second kappa shape index (κ2) is 6.82. The summed E-state index contributed by atoms with van der Waals surface area (Å²) in [6.45, 7) is 5.78. The van der Waals surface area contributed by atoms with Gasteiger partial charge in [-0.05, 0) is 37.6 Å². The van der Waals surface area contributed by atoms with E-state index in [0.29, 0.717) is 12.2 Å². The summed E-state index contributed by atoms with van der Waals surface area (Å²) in [5, 5.41) is 0. The topological polar surface area (TPSA) is 26.3 Å². The zero-order chi connectivity index (χ0) is 10.4. The van der Waals surface area contributed by atoms with Crippen molar-refractivity contribution in [2.45, 2.75) is 20.8 Å². The second-order valence-corrected chi connectivity index (χ2v) is 3.01. The fourth-order valence-corrected chi connectivity index (χ4v) is 1.05. The van der Waals surface area contributed by atoms with E-state index in [1.807, 2.05) is 6.08 Å². The summed E-state index contributed by atoms with van der Waals surface area (Å²) in [6, 6.07) is 7.15. The van der Waals surface area contributed by atoms with Gasteiger partial charge in [0.2, 0.25) is 0 Å². The maximum absolute atomic E-state index is 11.0. The van der Waals surface area contributed by atoms with Crippen LogP contribution in [0.3, 0.4) is 0 Å². The molecule has 1 aromatic rings. The molecule has 0 spiro atoms. The fraction of sp³-hybridized carbons (Fsp3) is 0.308. The quantitative estimate of drug-likeness (QED) is 0.419. The van der Waals surface area contributed by atoms with Crippen LogP contribution in [0, 0.1) is 0 Å². The standard InChI is InChI=1S/C12H14O2.CH4/c1-3-4-9-14-12-7-5-11(6-8-12)10(2)13;/h3,5-8H,1,4,9H2,2H3;1H4. The average Bonchev–Trinajstić information content (AvgIpc) is 2.19. The van der Waals surface area contributed by atoms with Crippen molar-refractivity contribution in [3.8, 4) is 5.75 Å². The molecule has 0 N–H and O–H groups in total. The van der Waals surface area contributed by atoms with Crippen molar-refractivity contribution < 1.29 is 9.53 Å². The van der Waals surface area contributed by atoms with Crippen molar-refractivity contribution in [3.05, 3.63) is 42.5 Å². The van der Waals surface area contributed by atoms with E-state index in [2.05, 4.69) is 6.58 Å². The Morgan fingerprint density at radius 1 is 1.40 bits per heavy atom. The molecule has 0 heterocycles. The number of benzene rings is 1. The van der Waals surface area contributed by atoms with Gasteiger partial charge in [0.25, 0.3) is 0 Å². The van der Waals surface area contributed by atoms with Gasteiger partial charge in [0.1, 0.15) is 5.75 Å². The molecule has 0 aliphatic rings. The minimum absolute atomic E-state index is 0. The zero-order valence-electron chi connectivity index (χ0n) is 8.32. The van der Waals surface area contributed by atoms with E-state index in [1.165, 1.54) is 0 Å². The van der Waals surface area contributed by atoms with Gasteiger partial charge < -0.3 is 4.74 Å². The molecule has 0 saturated heterocycles. The summed E-state index contributed by atoms with van der Waals surface area (Å²) in [5.74, 6) is 0.861. The molecule has 0 bridgehead atoms. The molecule has 1 aromatic carbocycles. The number of carbonyl (C=O) groups is 1. The number of ketones is 1. The third kappa shape index (κ3) is 4.45. The normalized spacial score (nSPS) is 8.87. The van der Waals surface area contributed by atoms with Crippen LogP contribution in [0.25, 0.3) is 0 Å². The number of hydrogen-bond acceptors (Lipinski definition) is 2. The number of carbonyl (C=O) groups excluding carboxylic acids is 1. The van der Waals surface area contributed by atoms with Gasteiger partial charge in [-0.25, -0.2) is 0 Å². The van der Waals surface area contributed by atoms with Crippen molar-refractivity contribution >= 4 is 5.78 Å². The zero-order valence-corrected chi connectivity index (χ0v) is 8.32. The van der Waals surface area contributed by atoms with Crippen molar-refractivity contribution in [1.82, 2.24) is 0 Å². The van der Waals surface area contributed by atoms with Crippen LogP contribution in [0.2, 0.25) is 0 Å². The molecule has 0 atom stereocenters. The van der Waals surface area contributed by atoms with Gasteiger partial charge >= 0.3 is 0 Å². The third-order valence-corrected chi connectivity index (χ3v) is 1.85. The SMILES string of the molecule is C.C=CCCOc1ccc(C(C)=O)cc1. The fourth-order valence-electron chi connectivity index (χ4n) is 1.05. The molecular formula is C13H18O2. The number of ether oxygens (including phenoxy) is 1. The molecule has 0 aliphatic heterocycles. The van der Waals surface area contributed by atoms with E-state index in [9.17, 15) is 4.79 Å². The van der Waals surface area contributed by atoms with Crippen LogP contribution in [-0.4, -0.2) is 12.4 Å². The molecule has 2 heteroatoms. The molecule has 2 nitrogen and oxygen atoms in total. The smallest absolute Gasteiger partial charge is 0.159 e. The monoisotopic (exact) mass is 206 g/mol. The molecule has 0 unspecified atom stereocenters. The highest BCUT2D eigenvalue weighted by Crippen LogP contribution is 2.12. The predicted molar refractivity (Wildman–Crippen MR) is 63.5 cm³/mol. The lowest BCUT2D eigenvalue weighted by Crippen LogP contribution is -1.96. The van der Waals surface area contributed by atoms with Gasteiger partial charge in [0, 0.05) is 5.56 Å². The minimum Gasteiger partial charge on any atom is -0.493 e. The Hall–Kier alpha value is -1.57. The van der Waals surface area contributed by atoms with Gasteiger partial charge in [-0.2, -0.15) is 0 Å². The highest BCUT2D eigenvalue weighted by atomic mass is 16.5. The summed E-state index contributed by atoms with van der Waals surface area (Å²) < 4.78 is 5.40. The molecule has 0 saturated carbocycles. The van der Waals surface area contributed by atoms with Gasteiger partial charge in [-0.1, -0.05) is 13.5 Å². The first kappa shape index (κ1) is 13.4. The van der Waals surface area contributed by atoms with Crippen molar-refractivity contribution in [3.63, 3.8) is 0 Å². The first-order chi connectivity index (χ1) is 6.74. The van der Waals surface area contributed by atoms with Crippen LogP contribution in [-0.2, 0) is 0 Å². The van der Waals surface area contributed by atoms with Crippen LogP contribution in [0.15, 0.2) is 36.9 Å². The van der Waals surface area contributed by atoms with Crippen molar-refractivity contribution in [2.24, 2.45) is 0 Å². The molecule has 0 aliphatic carbocycles. The number of Topliss-reactive ketones (excluding diaryl/α,β-unsaturated/α-hetero) is 1. The van der Waals surface area contributed by atoms with Crippen LogP contribution >= 0.6 is 0 Å². The lowest BCUT2D eigenvalue weighted by Gasteiger charge is -2.04. The summed E-state index contributed by atoms with van der Waals surface area (Å²) in [6.07, 6.45) is 2.64. The van der Waals surface area contributed by atoms with E-state index in [-0.39, 0.29) is 13.2 Å². The Morgan fingerprint density at radius 3 is 2.47 bits per heavy atom. The molecule has 0 radical (unpaired) electrons. The minimum atomic E-state index is 0. The van der Waals surface area contributed by atoms with Gasteiger partial charge in [-0.15, -0.1) is 6.58 Å². The van der Waals surface area contributed by atoms with Gasteiger partial charge in [0.05, 0.1) is 6.61 Å². The van der Waals surface area contributed by atoms with Gasteiger partial charge in [0.15, 0.2) is 5.78 Å². The van der Waals surface area contributed by atoms with E-state index < -0.39 is 0 Å². The molecular weight excluding hydrogens is 188 g/mol. The van der Waals surface area contributed by atoms with Crippen molar-refractivity contribution in [1.29, 1.82) is 0 Å². The van der Waals surface area contributed by atoms with E-state index >= 15 is 0 Å². The van der Waals surface area contributed by atoms with E-state index in [4.69, 9.17) is 4.74 Å². The molecule has 82 valence electrons. The van der Waals surface area contributed by atoms with Crippen molar-refractivity contribution in [2.75, 3.05) is 6.61 Å². The van der Waals surface area contributed by atoms with Gasteiger partial charge in [-0.3, -0.25) is 4.79 Å². The maximum atomic E-state index is 11.0. The van der Waals surface area contributed by atoms with Crippen LogP contribution in [0.4, 0.5) is 0 Å². The average molecular weight is 206 g/mol. The molecule has 0 amide bonds. The molecule has 0 aromatic heterocycles. The lowest BCUT2D eigenvalue weighted by atomic mass is 10.1. The Balaban J connectivity index is 0.00000196. The second-order valence-electron chi connectivity index (χ2n) is 3.01. The van der Waals surface area contributed by atoms with E-state index in [0.717, 1.165) is 12.2 Å². The molecule has 15 heavy (non-hydrogen) atoms. The Kier molecular flexibility index (Phi) is 6.11. The highest BCUT2D eigenvalue weighted by molar-refractivity contribution is 5.94. The first-order valence-corrected chi connectivity index (χ1v) is 4.58. The summed E-state index contributed by atoms with van der Waals surface area (Å²) >= 11 is 0. The maximum Gasteiger partial charge on any atom is 0.159 e. The van der Waals surface area contributed by atoms with Crippen LogP contribution in [0.1, 0.15) is 31.1 Å². The summed E-state index contributed by atoms with van der Waals surface area (Å²) in [7, 11) is 0. The van der Waals surface area contributed by atoms with E-state index in [1.54, 1.807) is 31.2 Å². The molecule has 0 fully saturated rings. The summed E-state index contributed by atoms with van der Waals surface area (Å²) in [4.78, 5) is 11.0. The predicted octanol–water partition coefficient (Wildman–Crippen LogP) is 3.48. The van der Waals surface area contributed by atoms with Crippen LogP contribution < -0.4 is 4.74 Å².